The van der Waals surface area contributed by atoms with Crippen LogP contribution in [0.3, 0.4) is 0 Å². The number of carboxylic acids is 2. The average Bonchev–Trinajstić information content (AvgIpc) is 2.71. The third-order valence-corrected chi connectivity index (χ3v) is 3.97. The number of hydrogen-bond donors (Lipinski definition) is 3. The lowest BCUT2D eigenvalue weighted by Gasteiger charge is -2.26. The fraction of sp³-hybridized carbons (Fsp3) is 0.429. The van der Waals surface area contributed by atoms with Crippen LogP contribution in [0.4, 0.5) is 0 Å². The molecule has 1 aromatic carbocycles. The monoisotopic (exact) mass is 263 g/mol. The minimum absolute atomic E-state index is 0.0282. The maximum absolute atomic E-state index is 11.6. The van der Waals surface area contributed by atoms with Gasteiger partial charge in [0.25, 0.3) is 0 Å². The van der Waals surface area contributed by atoms with Crippen LogP contribution in [-0.4, -0.2) is 27.7 Å². The maximum Gasteiger partial charge on any atom is 0.323 e. The second kappa shape index (κ2) is 4.66. The summed E-state index contributed by atoms with van der Waals surface area (Å²) in [5.41, 5.74) is 4.20. The van der Waals surface area contributed by atoms with Gasteiger partial charge in [0.05, 0.1) is 5.41 Å². The van der Waals surface area contributed by atoms with Gasteiger partial charge in [-0.3, -0.25) is 9.59 Å². The van der Waals surface area contributed by atoms with Crippen molar-refractivity contribution < 1.29 is 19.8 Å². The first-order valence-corrected chi connectivity index (χ1v) is 6.18. The second-order valence-corrected chi connectivity index (χ2v) is 5.39. The molecule has 2 atom stereocenters. The van der Waals surface area contributed by atoms with Crippen LogP contribution >= 0.6 is 0 Å². The number of rotatable bonds is 4. The summed E-state index contributed by atoms with van der Waals surface area (Å²) in [6.45, 7) is 0. The minimum atomic E-state index is -1.42. The summed E-state index contributed by atoms with van der Waals surface area (Å²) in [6, 6.07) is 9.24. The Bertz CT molecular complexity index is 501. The number of benzene rings is 1. The zero-order valence-corrected chi connectivity index (χ0v) is 10.5. The van der Waals surface area contributed by atoms with Gasteiger partial charge in [-0.05, 0) is 31.2 Å². The zero-order chi connectivity index (χ0) is 14.1. The molecule has 0 spiro atoms. The van der Waals surface area contributed by atoms with Crippen LogP contribution in [0, 0.1) is 5.41 Å². The Morgan fingerprint density at radius 1 is 1.11 bits per heavy atom. The Morgan fingerprint density at radius 2 is 1.74 bits per heavy atom. The lowest BCUT2D eigenvalue weighted by Crippen LogP contribution is -2.47. The second-order valence-electron chi connectivity index (χ2n) is 5.39. The van der Waals surface area contributed by atoms with Gasteiger partial charge in [-0.25, -0.2) is 0 Å². The van der Waals surface area contributed by atoms with E-state index in [2.05, 4.69) is 0 Å². The highest BCUT2D eigenvalue weighted by atomic mass is 16.4. The largest absolute Gasteiger partial charge is 0.481 e. The van der Waals surface area contributed by atoms with E-state index < -0.39 is 22.9 Å². The molecular formula is C14H17NO4. The number of aliphatic carboxylic acids is 2. The summed E-state index contributed by atoms with van der Waals surface area (Å²) in [7, 11) is 0. The van der Waals surface area contributed by atoms with Crippen molar-refractivity contribution in [2.24, 2.45) is 11.1 Å². The minimum Gasteiger partial charge on any atom is -0.481 e. The SMILES string of the molecule is N[C@@]1(C(=O)O)CC[C@](Cc2ccccc2)(C(=O)O)C1. The van der Waals surface area contributed by atoms with Gasteiger partial charge < -0.3 is 15.9 Å². The molecule has 0 heterocycles. The maximum atomic E-state index is 11.6. The fourth-order valence-corrected chi connectivity index (χ4v) is 2.82. The summed E-state index contributed by atoms with van der Waals surface area (Å²) in [6.07, 6.45) is 0.774. The van der Waals surface area contributed by atoms with Gasteiger partial charge in [-0.1, -0.05) is 30.3 Å². The van der Waals surface area contributed by atoms with Crippen LogP contribution < -0.4 is 5.73 Å². The molecular weight excluding hydrogens is 246 g/mol. The Hall–Kier alpha value is -1.88. The molecule has 0 aliphatic heterocycles. The van der Waals surface area contributed by atoms with Crippen molar-refractivity contribution >= 4 is 11.9 Å². The van der Waals surface area contributed by atoms with Crippen molar-refractivity contribution in [3.8, 4) is 0 Å². The molecule has 19 heavy (non-hydrogen) atoms. The highest BCUT2D eigenvalue weighted by molar-refractivity contribution is 5.83. The molecule has 0 unspecified atom stereocenters. The first-order valence-electron chi connectivity index (χ1n) is 6.18. The van der Waals surface area contributed by atoms with Crippen LogP contribution in [0.1, 0.15) is 24.8 Å². The number of hydrogen-bond acceptors (Lipinski definition) is 3. The summed E-state index contributed by atoms with van der Waals surface area (Å²) >= 11 is 0. The summed E-state index contributed by atoms with van der Waals surface area (Å²) in [5.74, 6) is -2.09. The lowest BCUT2D eigenvalue weighted by molar-refractivity contribution is -0.149. The Kier molecular flexibility index (Phi) is 3.32. The summed E-state index contributed by atoms with van der Waals surface area (Å²) in [5, 5.41) is 18.6. The van der Waals surface area contributed by atoms with Crippen molar-refractivity contribution in [1.82, 2.24) is 0 Å². The molecule has 1 aliphatic carbocycles. The van der Waals surface area contributed by atoms with E-state index in [1.54, 1.807) is 0 Å². The van der Waals surface area contributed by atoms with Gasteiger partial charge in [0.15, 0.2) is 0 Å². The van der Waals surface area contributed by atoms with E-state index in [-0.39, 0.29) is 12.8 Å². The normalized spacial score (nSPS) is 30.2. The number of nitrogens with two attached hydrogens (primary N) is 1. The lowest BCUT2D eigenvalue weighted by atomic mass is 9.78. The van der Waals surface area contributed by atoms with Gasteiger partial charge in [-0.15, -0.1) is 0 Å². The zero-order valence-electron chi connectivity index (χ0n) is 10.5. The topological polar surface area (TPSA) is 101 Å². The molecule has 1 aromatic rings. The van der Waals surface area contributed by atoms with E-state index in [0.29, 0.717) is 12.8 Å². The molecule has 0 radical (unpaired) electrons. The van der Waals surface area contributed by atoms with Crippen LogP contribution in [0.5, 0.6) is 0 Å². The fourth-order valence-electron chi connectivity index (χ4n) is 2.82. The Balaban J connectivity index is 2.27. The average molecular weight is 263 g/mol. The highest BCUT2D eigenvalue weighted by Crippen LogP contribution is 2.45. The quantitative estimate of drug-likeness (QED) is 0.759. The molecule has 5 nitrogen and oxygen atoms in total. The van der Waals surface area contributed by atoms with E-state index in [0.717, 1.165) is 5.56 Å². The molecule has 4 N–H and O–H groups in total. The summed E-state index contributed by atoms with van der Waals surface area (Å²) in [4.78, 5) is 22.8. The standard InChI is InChI=1S/C14H17NO4/c15-14(12(18)19)7-6-13(9-14,11(16)17)8-10-4-2-1-3-5-10/h1-5H,6-9,15H2,(H,16,17)(H,18,19)/t13-,14+/m1/s1. The third kappa shape index (κ3) is 2.46. The van der Waals surface area contributed by atoms with E-state index >= 15 is 0 Å². The van der Waals surface area contributed by atoms with Crippen molar-refractivity contribution in [2.45, 2.75) is 31.2 Å². The molecule has 1 saturated carbocycles. The smallest absolute Gasteiger partial charge is 0.323 e. The molecule has 0 aromatic heterocycles. The molecule has 0 saturated heterocycles. The van der Waals surface area contributed by atoms with Crippen LogP contribution in [-0.2, 0) is 16.0 Å². The Morgan fingerprint density at radius 3 is 2.21 bits per heavy atom. The van der Waals surface area contributed by atoms with E-state index in [9.17, 15) is 14.7 Å². The molecule has 1 aliphatic rings. The summed E-state index contributed by atoms with van der Waals surface area (Å²) < 4.78 is 0. The van der Waals surface area contributed by atoms with Gasteiger partial charge >= 0.3 is 11.9 Å². The third-order valence-electron chi connectivity index (χ3n) is 3.97. The van der Waals surface area contributed by atoms with Crippen LogP contribution in [0.2, 0.25) is 0 Å². The molecule has 5 heteroatoms. The number of carboxylic acid groups (broad SMARTS) is 2. The predicted octanol–water partition coefficient (Wildman–Crippen LogP) is 1.27. The predicted molar refractivity (Wildman–Crippen MR) is 68.6 cm³/mol. The molecule has 102 valence electrons. The van der Waals surface area contributed by atoms with Gasteiger partial charge in [0, 0.05) is 0 Å². The van der Waals surface area contributed by atoms with Gasteiger partial charge in [-0.2, -0.15) is 0 Å². The number of carbonyl (C=O) groups is 2. The molecule has 2 rings (SSSR count). The van der Waals surface area contributed by atoms with Crippen molar-refractivity contribution in [2.75, 3.05) is 0 Å². The van der Waals surface area contributed by atoms with Gasteiger partial charge in [0.2, 0.25) is 0 Å². The van der Waals surface area contributed by atoms with Crippen molar-refractivity contribution in [1.29, 1.82) is 0 Å². The first-order chi connectivity index (χ1) is 8.88. The first kappa shape index (κ1) is 13.5. The van der Waals surface area contributed by atoms with E-state index in [1.165, 1.54) is 0 Å². The van der Waals surface area contributed by atoms with Crippen LogP contribution in [0.25, 0.3) is 0 Å². The molecule has 0 amide bonds. The highest BCUT2D eigenvalue weighted by Gasteiger charge is 2.54. The van der Waals surface area contributed by atoms with Crippen LogP contribution in [0.15, 0.2) is 30.3 Å². The van der Waals surface area contributed by atoms with E-state index in [1.807, 2.05) is 30.3 Å². The molecule has 0 bridgehead atoms. The van der Waals surface area contributed by atoms with Gasteiger partial charge in [0.1, 0.15) is 5.54 Å². The Labute approximate surface area is 111 Å². The molecule has 1 fully saturated rings. The van der Waals surface area contributed by atoms with Crippen molar-refractivity contribution in [3.63, 3.8) is 0 Å². The van der Waals surface area contributed by atoms with Crippen molar-refractivity contribution in [3.05, 3.63) is 35.9 Å². The van der Waals surface area contributed by atoms with E-state index in [4.69, 9.17) is 10.8 Å².